The molecule has 110 valence electrons. The average Bonchev–Trinajstić information content (AvgIpc) is 2.47. The molecule has 0 saturated carbocycles. The quantitative estimate of drug-likeness (QED) is 0.291. The lowest BCUT2D eigenvalue weighted by Crippen LogP contribution is -2.45. The maximum Gasteiger partial charge on any atom is 0.173 e. The summed E-state index contributed by atoms with van der Waals surface area (Å²) in [6.07, 6.45) is 0. The van der Waals surface area contributed by atoms with Crippen molar-refractivity contribution in [1.29, 1.82) is 0 Å². The van der Waals surface area contributed by atoms with Crippen molar-refractivity contribution in [2.24, 2.45) is 10.9 Å². The number of nitrogens with zero attached hydrogens (tertiary/aromatic N) is 3. The van der Waals surface area contributed by atoms with Gasteiger partial charge in [-0.05, 0) is 24.9 Å². The molecule has 20 heavy (non-hydrogen) atoms. The van der Waals surface area contributed by atoms with Crippen LogP contribution in [0.1, 0.15) is 12.5 Å². The van der Waals surface area contributed by atoms with E-state index in [-0.39, 0.29) is 5.84 Å². The van der Waals surface area contributed by atoms with Gasteiger partial charge in [0.25, 0.3) is 0 Å². The molecule has 1 aromatic carbocycles. The van der Waals surface area contributed by atoms with Crippen LogP contribution in [0.15, 0.2) is 28.3 Å². The monoisotopic (exact) mass is 294 g/mol. The number of hydrogen-bond acceptors (Lipinski definition) is 5. The molecule has 5 nitrogen and oxygen atoms in total. The number of amidine groups is 1. The van der Waals surface area contributed by atoms with Crippen LogP contribution in [0.2, 0.25) is 0 Å². The Kier molecular flexibility index (Phi) is 5.14. The molecule has 0 unspecified atom stereocenters. The number of likely N-dealkylation sites (N-methyl/N-ethyl adjacent to an activating group) is 1. The third-order valence-electron chi connectivity index (χ3n) is 3.51. The molecule has 3 N–H and O–H groups in total. The Balaban J connectivity index is 2.38. The molecule has 1 aromatic rings. The Morgan fingerprint density at radius 3 is 2.65 bits per heavy atom. The largest absolute Gasteiger partial charge is 0.409 e. The van der Waals surface area contributed by atoms with Crippen LogP contribution in [0.3, 0.4) is 0 Å². The molecule has 0 aromatic heterocycles. The smallest absolute Gasteiger partial charge is 0.173 e. The lowest BCUT2D eigenvalue weighted by Gasteiger charge is -2.35. The molecule has 1 fully saturated rings. The summed E-state index contributed by atoms with van der Waals surface area (Å²) in [5, 5.41) is 12.3. The summed E-state index contributed by atoms with van der Waals surface area (Å²) < 4.78 is 0. The summed E-state index contributed by atoms with van der Waals surface area (Å²) in [7, 11) is 2.13. The molecular formula is C14H22N4OS. The third-order valence-corrected chi connectivity index (χ3v) is 4.45. The van der Waals surface area contributed by atoms with Gasteiger partial charge in [0.15, 0.2) is 5.84 Å². The fraction of sp³-hybridized carbons (Fsp3) is 0.500. The number of nitrogens with two attached hydrogens (primary N) is 1. The SMILES string of the molecule is CCSc1cccc(N2CCN(C)CC2)c1/C(N)=N/O. The average molecular weight is 294 g/mol. The second-order valence-electron chi connectivity index (χ2n) is 4.86. The van der Waals surface area contributed by atoms with Crippen LogP contribution in [0, 0.1) is 0 Å². The number of piperazine rings is 1. The third kappa shape index (κ3) is 3.19. The van der Waals surface area contributed by atoms with Crippen LogP contribution in [0.4, 0.5) is 5.69 Å². The second kappa shape index (κ2) is 6.85. The van der Waals surface area contributed by atoms with Crippen molar-refractivity contribution in [2.45, 2.75) is 11.8 Å². The maximum atomic E-state index is 9.07. The number of benzene rings is 1. The highest BCUT2D eigenvalue weighted by Gasteiger charge is 2.20. The zero-order chi connectivity index (χ0) is 14.5. The van der Waals surface area contributed by atoms with Crippen LogP contribution < -0.4 is 10.6 Å². The topological polar surface area (TPSA) is 65.1 Å². The highest BCUT2D eigenvalue weighted by Crippen LogP contribution is 2.31. The summed E-state index contributed by atoms with van der Waals surface area (Å²) >= 11 is 1.72. The number of hydrogen-bond donors (Lipinski definition) is 2. The zero-order valence-electron chi connectivity index (χ0n) is 12.0. The minimum absolute atomic E-state index is 0.190. The van der Waals surface area contributed by atoms with Crippen molar-refractivity contribution in [3.05, 3.63) is 23.8 Å². The van der Waals surface area contributed by atoms with E-state index in [1.165, 1.54) is 0 Å². The minimum Gasteiger partial charge on any atom is -0.409 e. The summed E-state index contributed by atoms with van der Waals surface area (Å²) in [5.41, 5.74) is 7.82. The Bertz CT molecular complexity index is 484. The van der Waals surface area contributed by atoms with E-state index >= 15 is 0 Å². The Labute approximate surface area is 124 Å². The Hall–Kier alpha value is -1.40. The Morgan fingerprint density at radius 1 is 1.35 bits per heavy atom. The van der Waals surface area contributed by atoms with Crippen molar-refractivity contribution in [3.63, 3.8) is 0 Å². The van der Waals surface area contributed by atoms with Gasteiger partial charge in [-0.2, -0.15) is 0 Å². The van der Waals surface area contributed by atoms with E-state index in [0.29, 0.717) is 0 Å². The number of rotatable bonds is 4. The van der Waals surface area contributed by atoms with Crippen molar-refractivity contribution in [2.75, 3.05) is 43.9 Å². The number of thioether (sulfide) groups is 1. The van der Waals surface area contributed by atoms with E-state index in [9.17, 15) is 0 Å². The number of anilines is 1. The first-order valence-corrected chi connectivity index (χ1v) is 7.83. The van der Waals surface area contributed by atoms with Gasteiger partial charge in [0, 0.05) is 36.8 Å². The molecular weight excluding hydrogens is 272 g/mol. The van der Waals surface area contributed by atoms with Crippen LogP contribution in [0.25, 0.3) is 0 Å². The van der Waals surface area contributed by atoms with E-state index in [1.807, 2.05) is 12.1 Å². The lowest BCUT2D eigenvalue weighted by molar-refractivity contribution is 0.312. The van der Waals surface area contributed by atoms with Gasteiger partial charge in [-0.25, -0.2) is 0 Å². The van der Waals surface area contributed by atoms with Gasteiger partial charge in [0.2, 0.25) is 0 Å². The molecule has 2 rings (SSSR count). The fourth-order valence-corrected chi connectivity index (χ4v) is 3.25. The molecule has 0 bridgehead atoms. The molecule has 1 aliphatic heterocycles. The summed E-state index contributed by atoms with van der Waals surface area (Å²) in [4.78, 5) is 5.69. The summed E-state index contributed by atoms with van der Waals surface area (Å²) in [5.74, 6) is 1.15. The predicted octanol–water partition coefficient (Wildman–Crippen LogP) is 1.64. The van der Waals surface area contributed by atoms with Crippen molar-refractivity contribution < 1.29 is 5.21 Å². The number of oxime groups is 1. The first-order valence-electron chi connectivity index (χ1n) is 6.84. The van der Waals surface area contributed by atoms with Gasteiger partial charge in [-0.15, -0.1) is 11.8 Å². The van der Waals surface area contributed by atoms with Crippen LogP contribution in [-0.4, -0.2) is 54.9 Å². The molecule has 0 atom stereocenters. The summed E-state index contributed by atoms with van der Waals surface area (Å²) in [6, 6.07) is 6.12. The van der Waals surface area contributed by atoms with E-state index in [1.54, 1.807) is 11.8 Å². The molecule has 1 saturated heterocycles. The first kappa shape index (κ1) is 15.0. The lowest BCUT2D eigenvalue weighted by atomic mass is 10.1. The van der Waals surface area contributed by atoms with Gasteiger partial charge < -0.3 is 20.7 Å². The molecule has 0 radical (unpaired) electrons. The van der Waals surface area contributed by atoms with Gasteiger partial charge in [-0.3, -0.25) is 0 Å². The summed E-state index contributed by atoms with van der Waals surface area (Å²) in [6.45, 7) is 6.08. The maximum absolute atomic E-state index is 9.07. The zero-order valence-corrected chi connectivity index (χ0v) is 12.9. The highest BCUT2D eigenvalue weighted by molar-refractivity contribution is 7.99. The van der Waals surface area contributed by atoms with Crippen LogP contribution >= 0.6 is 11.8 Å². The normalized spacial score (nSPS) is 17.5. The van der Waals surface area contributed by atoms with Gasteiger partial charge in [0.1, 0.15) is 0 Å². The van der Waals surface area contributed by atoms with Gasteiger partial charge in [-0.1, -0.05) is 18.1 Å². The highest BCUT2D eigenvalue weighted by atomic mass is 32.2. The van der Waals surface area contributed by atoms with Crippen molar-refractivity contribution >= 4 is 23.3 Å². The van der Waals surface area contributed by atoms with E-state index in [2.05, 4.69) is 35.0 Å². The molecule has 1 aliphatic rings. The van der Waals surface area contributed by atoms with E-state index in [4.69, 9.17) is 10.9 Å². The van der Waals surface area contributed by atoms with Crippen LogP contribution in [-0.2, 0) is 0 Å². The minimum atomic E-state index is 0.190. The molecule has 0 amide bonds. The molecule has 0 aliphatic carbocycles. The second-order valence-corrected chi connectivity index (χ2v) is 6.16. The van der Waals surface area contributed by atoms with Crippen molar-refractivity contribution in [1.82, 2.24) is 4.90 Å². The van der Waals surface area contributed by atoms with Gasteiger partial charge >= 0.3 is 0 Å². The standard InChI is InChI=1S/C14H22N4OS/c1-3-20-12-6-4-5-11(13(12)14(15)16-19)18-9-7-17(2)8-10-18/h4-6,19H,3,7-10H2,1-2H3,(H2,15,16). The van der Waals surface area contributed by atoms with Crippen molar-refractivity contribution in [3.8, 4) is 0 Å². The predicted molar refractivity (Wildman–Crippen MR) is 85.1 cm³/mol. The van der Waals surface area contributed by atoms with E-state index < -0.39 is 0 Å². The Morgan fingerprint density at radius 2 is 2.05 bits per heavy atom. The molecule has 1 heterocycles. The fourth-order valence-electron chi connectivity index (χ4n) is 2.41. The first-order chi connectivity index (χ1) is 9.67. The van der Waals surface area contributed by atoms with Gasteiger partial charge in [0.05, 0.1) is 5.56 Å². The van der Waals surface area contributed by atoms with Crippen LogP contribution in [0.5, 0.6) is 0 Å². The molecule has 0 spiro atoms. The van der Waals surface area contributed by atoms with E-state index in [0.717, 1.165) is 48.1 Å². The molecule has 6 heteroatoms.